The highest BCUT2D eigenvalue weighted by Crippen LogP contribution is 2.31. The smallest absolute Gasteiger partial charge is 0.0907 e. The van der Waals surface area contributed by atoms with Crippen LogP contribution < -0.4 is 11.1 Å². The predicted molar refractivity (Wildman–Crippen MR) is 80.8 cm³/mol. The molecular weight excluding hydrogens is 258 g/mol. The molecule has 0 aliphatic carbocycles. The fourth-order valence-corrected chi connectivity index (χ4v) is 3.42. The lowest BCUT2D eigenvalue weighted by atomic mass is 10.1. The third-order valence-corrected chi connectivity index (χ3v) is 4.51. The lowest BCUT2D eigenvalue weighted by Gasteiger charge is -2.22. The van der Waals surface area contributed by atoms with Crippen LogP contribution in [-0.2, 0) is 4.74 Å². The van der Waals surface area contributed by atoms with E-state index in [9.17, 15) is 0 Å². The second kappa shape index (κ2) is 4.98. The number of nitrogens with one attached hydrogen (secondary N) is 1. The molecule has 0 bridgehead atoms. The standard InChI is InChI=1S/C14H19N3OS/c1-8(13-4-3-5-18-13)16-11-7-12-14(6-10(11)15)19-9(2)17-12/h6-8,13,16H,3-5,15H2,1-2H3. The van der Waals surface area contributed by atoms with E-state index in [-0.39, 0.29) is 12.1 Å². The quantitative estimate of drug-likeness (QED) is 0.846. The summed E-state index contributed by atoms with van der Waals surface area (Å²) in [5.41, 5.74) is 8.87. The lowest BCUT2D eigenvalue weighted by Crippen LogP contribution is -2.30. The number of benzene rings is 1. The summed E-state index contributed by atoms with van der Waals surface area (Å²) in [7, 11) is 0. The molecule has 19 heavy (non-hydrogen) atoms. The third kappa shape index (κ3) is 2.53. The Hall–Kier alpha value is -1.33. The minimum atomic E-state index is 0.266. The van der Waals surface area contributed by atoms with Crippen molar-refractivity contribution in [2.24, 2.45) is 0 Å². The van der Waals surface area contributed by atoms with Crippen molar-refractivity contribution in [2.45, 2.75) is 38.8 Å². The summed E-state index contributed by atoms with van der Waals surface area (Å²) in [6.07, 6.45) is 2.55. The van der Waals surface area contributed by atoms with Crippen molar-refractivity contribution < 1.29 is 4.74 Å². The number of nitrogens with two attached hydrogens (primary N) is 1. The van der Waals surface area contributed by atoms with Crippen LogP contribution in [0.3, 0.4) is 0 Å². The molecule has 2 aromatic rings. The van der Waals surface area contributed by atoms with Gasteiger partial charge in [-0.05, 0) is 38.8 Å². The summed E-state index contributed by atoms with van der Waals surface area (Å²) >= 11 is 1.68. The van der Waals surface area contributed by atoms with Gasteiger partial charge in [0, 0.05) is 12.6 Å². The van der Waals surface area contributed by atoms with Crippen LogP contribution in [0.4, 0.5) is 11.4 Å². The van der Waals surface area contributed by atoms with Gasteiger partial charge in [-0.15, -0.1) is 11.3 Å². The molecule has 2 atom stereocenters. The van der Waals surface area contributed by atoms with Crippen LogP contribution in [0.5, 0.6) is 0 Å². The van der Waals surface area contributed by atoms with Gasteiger partial charge in [-0.2, -0.15) is 0 Å². The van der Waals surface area contributed by atoms with Gasteiger partial charge in [0.25, 0.3) is 0 Å². The van der Waals surface area contributed by atoms with Crippen LogP contribution in [0.25, 0.3) is 10.2 Å². The number of hydrogen-bond donors (Lipinski definition) is 2. The summed E-state index contributed by atoms with van der Waals surface area (Å²) in [5.74, 6) is 0. The number of aryl methyl sites for hydroxylation is 1. The molecule has 2 unspecified atom stereocenters. The fraction of sp³-hybridized carbons (Fsp3) is 0.500. The molecule has 3 N–H and O–H groups in total. The number of anilines is 2. The number of rotatable bonds is 3. The minimum Gasteiger partial charge on any atom is -0.397 e. The van der Waals surface area contributed by atoms with Crippen LogP contribution in [-0.4, -0.2) is 23.7 Å². The lowest BCUT2D eigenvalue weighted by molar-refractivity contribution is 0.0997. The molecule has 4 nitrogen and oxygen atoms in total. The second-order valence-electron chi connectivity index (χ2n) is 5.12. The van der Waals surface area contributed by atoms with Crippen molar-refractivity contribution in [2.75, 3.05) is 17.7 Å². The van der Waals surface area contributed by atoms with Crippen molar-refractivity contribution in [3.05, 3.63) is 17.1 Å². The predicted octanol–water partition coefficient (Wildman–Crippen LogP) is 3.17. The Labute approximate surface area is 117 Å². The Morgan fingerprint density at radius 3 is 3.11 bits per heavy atom. The van der Waals surface area contributed by atoms with Crippen LogP contribution in [0.15, 0.2) is 12.1 Å². The van der Waals surface area contributed by atoms with E-state index in [0.29, 0.717) is 0 Å². The van der Waals surface area contributed by atoms with Crippen molar-refractivity contribution in [3.63, 3.8) is 0 Å². The highest BCUT2D eigenvalue weighted by atomic mass is 32.1. The van der Waals surface area contributed by atoms with Gasteiger partial charge in [0.15, 0.2) is 0 Å². The number of hydrogen-bond acceptors (Lipinski definition) is 5. The monoisotopic (exact) mass is 277 g/mol. The topological polar surface area (TPSA) is 60.2 Å². The second-order valence-corrected chi connectivity index (χ2v) is 6.36. The molecular formula is C14H19N3OS. The fourth-order valence-electron chi connectivity index (χ4n) is 2.56. The first-order valence-electron chi connectivity index (χ1n) is 6.68. The molecule has 1 aromatic carbocycles. The van der Waals surface area contributed by atoms with Crippen molar-refractivity contribution in [3.8, 4) is 0 Å². The van der Waals surface area contributed by atoms with Gasteiger partial charge in [-0.3, -0.25) is 0 Å². The molecule has 0 amide bonds. The van der Waals surface area contributed by atoms with E-state index in [2.05, 4.69) is 17.2 Å². The molecule has 102 valence electrons. The van der Waals surface area contributed by atoms with E-state index >= 15 is 0 Å². The number of aromatic nitrogens is 1. The van der Waals surface area contributed by atoms with Crippen molar-refractivity contribution in [1.82, 2.24) is 4.98 Å². The van der Waals surface area contributed by atoms with Gasteiger partial charge in [-0.1, -0.05) is 0 Å². The molecule has 1 aliphatic heterocycles. The van der Waals surface area contributed by atoms with E-state index < -0.39 is 0 Å². The summed E-state index contributed by atoms with van der Waals surface area (Å²) in [5, 5.41) is 4.54. The van der Waals surface area contributed by atoms with Gasteiger partial charge in [-0.25, -0.2) is 4.98 Å². The van der Waals surface area contributed by atoms with E-state index in [1.54, 1.807) is 11.3 Å². The molecule has 1 aromatic heterocycles. The number of ether oxygens (including phenoxy) is 1. The Balaban J connectivity index is 1.84. The summed E-state index contributed by atoms with van der Waals surface area (Å²) in [6.45, 7) is 5.03. The Bertz CT molecular complexity index is 590. The largest absolute Gasteiger partial charge is 0.397 e. The number of thiazole rings is 1. The first-order valence-corrected chi connectivity index (χ1v) is 7.50. The maximum Gasteiger partial charge on any atom is 0.0907 e. The van der Waals surface area contributed by atoms with Gasteiger partial charge in [0.2, 0.25) is 0 Å². The maximum atomic E-state index is 6.12. The van der Waals surface area contributed by atoms with E-state index in [4.69, 9.17) is 10.5 Å². The highest BCUT2D eigenvalue weighted by molar-refractivity contribution is 7.18. The zero-order chi connectivity index (χ0) is 13.4. The minimum absolute atomic E-state index is 0.266. The molecule has 2 heterocycles. The Morgan fingerprint density at radius 2 is 2.37 bits per heavy atom. The summed E-state index contributed by atoms with van der Waals surface area (Å²) in [4.78, 5) is 4.51. The summed E-state index contributed by atoms with van der Waals surface area (Å²) < 4.78 is 6.85. The first-order chi connectivity index (χ1) is 9.13. The number of nitrogen functional groups attached to an aromatic ring is 1. The Morgan fingerprint density at radius 1 is 1.53 bits per heavy atom. The maximum absolute atomic E-state index is 6.12. The average molecular weight is 277 g/mol. The van der Waals surface area contributed by atoms with Crippen LogP contribution in [0.2, 0.25) is 0 Å². The molecule has 1 fully saturated rings. The molecule has 5 heteroatoms. The molecule has 1 aliphatic rings. The van der Waals surface area contributed by atoms with E-state index in [1.807, 2.05) is 19.1 Å². The van der Waals surface area contributed by atoms with E-state index in [0.717, 1.165) is 46.0 Å². The average Bonchev–Trinajstić information content (AvgIpc) is 2.97. The molecule has 3 rings (SSSR count). The molecule has 0 spiro atoms. The van der Waals surface area contributed by atoms with Gasteiger partial charge < -0.3 is 15.8 Å². The molecule has 0 saturated carbocycles. The number of fused-ring (bicyclic) bond motifs is 1. The normalized spacial score (nSPS) is 20.8. The van der Waals surface area contributed by atoms with E-state index in [1.165, 1.54) is 0 Å². The first kappa shape index (κ1) is 12.7. The number of nitrogens with zero attached hydrogens (tertiary/aromatic N) is 1. The summed E-state index contributed by atoms with van der Waals surface area (Å²) in [6, 6.07) is 4.31. The van der Waals surface area contributed by atoms with Crippen LogP contribution >= 0.6 is 11.3 Å². The SMILES string of the molecule is Cc1nc2cc(NC(C)C3CCCO3)c(N)cc2s1. The molecule has 1 saturated heterocycles. The van der Waals surface area contributed by atoms with Gasteiger partial charge >= 0.3 is 0 Å². The van der Waals surface area contributed by atoms with Crippen molar-refractivity contribution in [1.29, 1.82) is 0 Å². The van der Waals surface area contributed by atoms with Gasteiger partial charge in [0.05, 0.1) is 32.7 Å². The van der Waals surface area contributed by atoms with Crippen LogP contribution in [0, 0.1) is 6.92 Å². The van der Waals surface area contributed by atoms with Crippen molar-refractivity contribution >= 4 is 32.9 Å². The van der Waals surface area contributed by atoms with Crippen LogP contribution in [0.1, 0.15) is 24.8 Å². The third-order valence-electron chi connectivity index (χ3n) is 3.57. The zero-order valence-electron chi connectivity index (χ0n) is 11.3. The Kier molecular flexibility index (Phi) is 3.33. The highest BCUT2D eigenvalue weighted by Gasteiger charge is 2.22. The van der Waals surface area contributed by atoms with Gasteiger partial charge in [0.1, 0.15) is 0 Å². The molecule has 0 radical (unpaired) electrons. The zero-order valence-corrected chi connectivity index (χ0v) is 12.1.